The molecule has 1 aliphatic rings. The SMILES string of the molecule is C=CC(CC1CO1)C(=O)OS(=O)[O-]. The van der Waals surface area contributed by atoms with E-state index in [-0.39, 0.29) is 6.10 Å². The van der Waals surface area contributed by atoms with Gasteiger partial charge in [-0.15, -0.1) is 6.58 Å². The molecule has 1 saturated heterocycles. The fraction of sp³-hybridized carbons (Fsp3) is 0.571. The first-order valence-electron chi connectivity index (χ1n) is 3.69. The van der Waals surface area contributed by atoms with Crippen molar-refractivity contribution in [3.8, 4) is 0 Å². The number of ether oxygens (including phenoxy) is 1. The fourth-order valence-electron chi connectivity index (χ4n) is 0.905. The molecule has 1 aliphatic heterocycles. The maximum Gasteiger partial charge on any atom is 0.326 e. The van der Waals surface area contributed by atoms with Gasteiger partial charge in [0.2, 0.25) is 0 Å². The molecule has 0 spiro atoms. The molecular formula is C7H9O5S-. The summed E-state index contributed by atoms with van der Waals surface area (Å²) in [4.78, 5) is 11.0. The summed E-state index contributed by atoms with van der Waals surface area (Å²) in [5.74, 6) is -1.41. The van der Waals surface area contributed by atoms with E-state index in [4.69, 9.17) is 4.74 Å². The van der Waals surface area contributed by atoms with Crippen LogP contribution in [0, 0.1) is 5.92 Å². The number of carbonyl (C=O) groups excluding carboxylic acids is 1. The predicted molar refractivity (Wildman–Crippen MR) is 43.1 cm³/mol. The molecule has 3 atom stereocenters. The van der Waals surface area contributed by atoms with E-state index in [9.17, 15) is 13.6 Å². The van der Waals surface area contributed by atoms with E-state index in [1.165, 1.54) is 6.08 Å². The Kier molecular flexibility index (Phi) is 3.58. The van der Waals surface area contributed by atoms with Gasteiger partial charge in [0, 0.05) is 0 Å². The van der Waals surface area contributed by atoms with Gasteiger partial charge in [-0.3, -0.25) is 4.79 Å². The van der Waals surface area contributed by atoms with E-state index >= 15 is 0 Å². The van der Waals surface area contributed by atoms with E-state index in [0.29, 0.717) is 13.0 Å². The van der Waals surface area contributed by atoms with Crippen LogP contribution in [0.3, 0.4) is 0 Å². The zero-order valence-corrected chi connectivity index (χ0v) is 7.62. The zero-order chi connectivity index (χ0) is 9.84. The number of hydrogen-bond donors (Lipinski definition) is 0. The van der Waals surface area contributed by atoms with Crippen LogP contribution in [-0.2, 0) is 25.1 Å². The van der Waals surface area contributed by atoms with Crippen LogP contribution in [-0.4, -0.2) is 27.4 Å². The Bertz CT molecular complexity index is 235. The standard InChI is InChI=1S/C7H10O5S/c1-2-5(3-6-4-11-6)7(8)12-13(9)10/h2,5-6H,1,3-4H2,(H,9,10)/p-1. The van der Waals surface area contributed by atoms with Gasteiger partial charge in [0.25, 0.3) is 0 Å². The first kappa shape index (κ1) is 10.4. The molecule has 0 aromatic rings. The minimum atomic E-state index is -2.80. The minimum Gasteiger partial charge on any atom is -0.740 e. The molecular weight excluding hydrogens is 196 g/mol. The van der Waals surface area contributed by atoms with Gasteiger partial charge >= 0.3 is 5.97 Å². The Hall–Kier alpha value is -0.720. The van der Waals surface area contributed by atoms with Crippen LogP contribution in [0.15, 0.2) is 12.7 Å². The van der Waals surface area contributed by atoms with Crippen molar-refractivity contribution < 1.29 is 22.5 Å². The van der Waals surface area contributed by atoms with E-state index in [1.54, 1.807) is 0 Å². The molecule has 0 N–H and O–H groups in total. The van der Waals surface area contributed by atoms with Gasteiger partial charge in [-0.2, -0.15) is 0 Å². The first-order valence-corrected chi connectivity index (χ1v) is 4.69. The fourth-order valence-corrected chi connectivity index (χ4v) is 1.16. The quantitative estimate of drug-likeness (QED) is 0.356. The lowest BCUT2D eigenvalue weighted by Crippen LogP contribution is -2.18. The maximum atomic E-state index is 11.0. The normalized spacial score (nSPS) is 24.5. The van der Waals surface area contributed by atoms with Crippen LogP contribution in [0.1, 0.15) is 6.42 Å². The average molecular weight is 205 g/mol. The van der Waals surface area contributed by atoms with E-state index in [0.717, 1.165) is 0 Å². The van der Waals surface area contributed by atoms with E-state index < -0.39 is 23.2 Å². The number of epoxide rings is 1. The molecule has 74 valence electrons. The smallest absolute Gasteiger partial charge is 0.326 e. The lowest BCUT2D eigenvalue weighted by molar-refractivity contribution is -0.137. The lowest BCUT2D eigenvalue weighted by Gasteiger charge is -2.10. The Morgan fingerprint density at radius 2 is 2.54 bits per heavy atom. The Morgan fingerprint density at radius 1 is 1.92 bits per heavy atom. The largest absolute Gasteiger partial charge is 0.740 e. The molecule has 0 bridgehead atoms. The predicted octanol–water partition coefficient (Wildman–Crippen LogP) is -0.0852. The van der Waals surface area contributed by atoms with Gasteiger partial charge in [0.05, 0.1) is 18.6 Å². The number of hydrogen-bond acceptors (Lipinski definition) is 5. The monoisotopic (exact) mass is 205 g/mol. The molecule has 0 saturated carbocycles. The molecule has 0 aromatic carbocycles. The van der Waals surface area contributed by atoms with E-state index in [2.05, 4.69) is 10.8 Å². The van der Waals surface area contributed by atoms with Crippen molar-refractivity contribution in [3.63, 3.8) is 0 Å². The maximum absolute atomic E-state index is 11.0. The summed E-state index contributed by atoms with van der Waals surface area (Å²) >= 11 is -2.80. The number of carbonyl (C=O) groups is 1. The van der Waals surface area contributed by atoms with Gasteiger partial charge in [0.1, 0.15) is 11.4 Å². The van der Waals surface area contributed by atoms with Crippen molar-refractivity contribution in [1.29, 1.82) is 0 Å². The van der Waals surface area contributed by atoms with E-state index in [1.807, 2.05) is 0 Å². The molecule has 3 unspecified atom stereocenters. The molecule has 1 fully saturated rings. The molecule has 5 nitrogen and oxygen atoms in total. The topological polar surface area (TPSA) is 79.0 Å². The van der Waals surface area contributed by atoms with Gasteiger partial charge < -0.3 is 13.5 Å². The highest BCUT2D eigenvalue weighted by Crippen LogP contribution is 2.21. The summed E-state index contributed by atoms with van der Waals surface area (Å²) in [7, 11) is 0. The molecule has 1 rings (SSSR count). The third-order valence-electron chi connectivity index (χ3n) is 1.66. The summed E-state index contributed by atoms with van der Waals surface area (Å²) in [5, 5.41) is 0. The second kappa shape index (κ2) is 4.50. The third kappa shape index (κ3) is 3.67. The zero-order valence-electron chi connectivity index (χ0n) is 6.80. The van der Waals surface area contributed by atoms with Crippen LogP contribution in [0.5, 0.6) is 0 Å². The van der Waals surface area contributed by atoms with Gasteiger partial charge in [-0.25, -0.2) is 4.21 Å². The Morgan fingerprint density at radius 3 is 2.92 bits per heavy atom. The highest BCUT2D eigenvalue weighted by Gasteiger charge is 2.29. The second-order valence-electron chi connectivity index (χ2n) is 2.64. The first-order chi connectivity index (χ1) is 6.13. The summed E-state index contributed by atoms with van der Waals surface area (Å²) in [6, 6.07) is 0. The summed E-state index contributed by atoms with van der Waals surface area (Å²) in [6.07, 6.45) is 1.83. The van der Waals surface area contributed by atoms with Crippen LogP contribution in [0.2, 0.25) is 0 Å². The highest BCUT2D eigenvalue weighted by molar-refractivity contribution is 7.74. The van der Waals surface area contributed by atoms with Crippen LogP contribution >= 0.6 is 0 Å². The van der Waals surface area contributed by atoms with Gasteiger partial charge in [-0.1, -0.05) is 6.08 Å². The van der Waals surface area contributed by atoms with Crippen molar-refractivity contribution in [2.45, 2.75) is 12.5 Å². The summed E-state index contributed by atoms with van der Waals surface area (Å²) in [5.41, 5.74) is 0. The van der Waals surface area contributed by atoms with Gasteiger partial charge in [0.15, 0.2) is 0 Å². The summed E-state index contributed by atoms with van der Waals surface area (Å²) in [6.45, 7) is 4.02. The van der Waals surface area contributed by atoms with Crippen LogP contribution in [0.25, 0.3) is 0 Å². The Labute approximate surface area is 78.2 Å². The molecule has 6 heteroatoms. The molecule has 0 radical (unpaired) electrons. The minimum absolute atomic E-state index is 0.0376. The number of rotatable bonds is 5. The molecule has 13 heavy (non-hydrogen) atoms. The second-order valence-corrected chi connectivity index (χ2v) is 3.21. The Balaban J connectivity index is 2.38. The van der Waals surface area contributed by atoms with Crippen molar-refractivity contribution in [1.82, 2.24) is 0 Å². The average Bonchev–Trinajstić information content (AvgIpc) is 2.81. The molecule has 0 aromatic heterocycles. The van der Waals surface area contributed by atoms with Crippen molar-refractivity contribution in [2.24, 2.45) is 5.92 Å². The van der Waals surface area contributed by atoms with Crippen LogP contribution < -0.4 is 0 Å². The molecule has 0 amide bonds. The van der Waals surface area contributed by atoms with Crippen LogP contribution in [0.4, 0.5) is 0 Å². The van der Waals surface area contributed by atoms with Crippen molar-refractivity contribution in [3.05, 3.63) is 12.7 Å². The lowest BCUT2D eigenvalue weighted by atomic mass is 10.0. The van der Waals surface area contributed by atoms with Gasteiger partial charge in [-0.05, 0) is 6.42 Å². The molecule has 1 heterocycles. The molecule has 0 aliphatic carbocycles. The third-order valence-corrected chi connectivity index (χ3v) is 1.96. The summed E-state index contributed by atoms with van der Waals surface area (Å²) < 4.78 is 28.9. The highest BCUT2D eigenvalue weighted by atomic mass is 32.2. The van der Waals surface area contributed by atoms with Crippen molar-refractivity contribution in [2.75, 3.05) is 6.61 Å². The van der Waals surface area contributed by atoms with Crippen molar-refractivity contribution >= 4 is 17.3 Å².